The summed E-state index contributed by atoms with van der Waals surface area (Å²) in [6, 6.07) is 15.1. The minimum Gasteiger partial charge on any atom is -0.399 e. The number of anilines is 2. The van der Waals surface area contributed by atoms with E-state index in [1.165, 1.54) is 48.2 Å². The highest BCUT2D eigenvalue weighted by molar-refractivity contribution is 5.56. The molecule has 110 valence electrons. The molecular weight excluding hydrogens is 256 g/mol. The van der Waals surface area contributed by atoms with Crippen molar-refractivity contribution in [3.8, 4) is 0 Å². The maximum atomic E-state index is 5.84. The number of nitrogen functional groups attached to an aromatic ring is 1. The lowest BCUT2D eigenvalue weighted by Gasteiger charge is -2.31. The fourth-order valence-corrected chi connectivity index (χ4v) is 3.26. The van der Waals surface area contributed by atoms with Gasteiger partial charge in [0.1, 0.15) is 0 Å². The van der Waals surface area contributed by atoms with Gasteiger partial charge in [-0.05, 0) is 61.9 Å². The van der Waals surface area contributed by atoms with Crippen LogP contribution in [0.3, 0.4) is 0 Å². The summed E-state index contributed by atoms with van der Waals surface area (Å²) < 4.78 is 0. The summed E-state index contributed by atoms with van der Waals surface area (Å²) in [7, 11) is 0. The first-order chi connectivity index (χ1) is 10.2. The fourth-order valence-electron chi connectivity index (χ4n) is 3.26. The Bertz CT molecular complexity index is 619. The zero-order chi connectivity index (χ0) is 14.7. The average Bonchev–Trinajstić information content (AvgIpc) is 2.47. The summed E-state index contributed by atoms with van der Waals surface area (Å²) >= 11 is 0. The predicted octanol–water partition coefficient (Wildman–Crippen LogP) is 3.96. The molecule has 21 heavy (non-hydrogen) atoms. The van der Waals surface area contributed by atoms with E-state index in [1.54, 1.807) is 0 Å². The smallest absolute Gasteiger partial charge is 0.0398 e. The first-order valence-electron chi connectivity index (χ1n) is 7.91. The molecule has 1 aliphatic rings. The third-order valence-corrected chi connectivity index (χ3v) is 4.29. The summed E-state index contributed by atoms with van der Waals surface area (Å²) in [5, 5.41) is 0. The van der Waals surface area contributed by atoms with Crippen LogP contribution >= 0.6 is 0 Å². The molecule has 3 rings (SSSR count). The number of nitrogens with zero attached hydrogens (tertiary/aromatic N) is 1. The van der Waals surface area contributed by atoms with Crippen LogP contribution in [0.1, 0.15) is 29.5 Å². The van der Waals surface area contributed by atoms with Crippen molar-refractivity contribution in [1.82, 2.24) is 0 Å². The highest BCUT2D eigenvalue weighted by Gasteiger charge is 2.16. The molecule has 2 N–H and O–H groups in total. The van der Waals surface area contributed by atoms with Crippen molar-refractivity contribution < 1.29 is 0 Å². The second-order valence-corrected chi connectivity index (χ2v) is 6.07. The average molecular weight is 280 g/mol. The molecule has 2 nitrogen and oxygen atoms in total. The van der Waals surface area contributed by atoms with Gasteiger partial charge in [-0.1, -0.05) is 29.8 Å². The van der Waals surface area contributed by atoms with Gasteiger partial charge in [-0.2, -0.15) is 0 Å². The van der Waals surface area contributed by atoms with Gasteiger partial charge in [0.2, 0.25) is 0 Å². The summed E-state index contributed by atoms with van der Waals surface area (Å²) in [4.78, 5) is 2.55. The Hall–Kier alpha value is -1.96. The SMILES string of the molecule is Cc1ccc2c(c1)CCCN2CCCc1cccc(N)c1. The lowest BCUT2D eigenvalue weighted by Crippen LogP contribution is -2.30. The standard InChI is InChI=1S/C19H24N2/c1-15-9-10-19-17(13-15)7-4-12-21(19)11-3-6-16-5-2-8-18(20)14-16/h2,5,8-10,13-14H,3-4,6-7,11-12,20H2,1H3. The predicted molar refractivity (Wildman–Crippen MR) is 90.9 cm³/mol. The van der Waals surface area contributed by atoms with E-state index in [9.17, 15) is 0 Å². The molecule has 0 fully saturated rings. The highest BCUT2D eigenvalue weighted by atomic mass is 15.1. The van der Waals surface area contributed by atoms with E-state index >= 15 is 0 Å². The van der Waals surface area contributed by atoms with Crippen molar-refractivity contribution in [3.05, 3.63) is 59.2 Å². The Morgan fingerprint density at radius 2 is 2.05 bits per heavy atom. The molecule has 2 aromatic carbocycles. The fraction of sp³-hybridized carbons (Fsp3) is 0.368. The maximum Gasteiger partial charge on any atom is 0.0398 e. The topological polar surface area (TPSA) is 29.3 Å². The zero-order valence-corrected chi connectivity index (χ0v) is 12.8. The number of rotatable bonds is 4. The molecule has 1 heterocycles. The largest absolute Gasteiger partial charge is 0.399 e. The van der Waals surface area contributed by atoms with Gasteiger partial charge >= 0.3 is 0 Å². The first kappa shape index (κ1) is 14.0. The number of hydrogen-bond acceptors (Lipinski definition) is 2. The highest BCUT2D eigenvalue weighted by Crippen LogP contribution is 2.28. The lowest BCUT2D eigenvalue weighted by atomic mass is 9.99. The molecule has 0 amide bonds. The van der Waals surface area contributed by atoms with Crippen LogP contribution < -0.4 is 10.6 Å². The van der Waals surface area contributed by atoms with E-state index in [2.05, 4.69) is 42.2 Å². The Kier molecular flexibility index (Phi) is 4.14. The van der Waals surface area contributed by atoms with Gasteiger partial charge in [0.05, 0.1) is 0 Å². The summed E-state index contributed by atoms with van der Waals surface area (Å²) in [5.74, 6) is 0. The van der Waals surface area contributed by atoms with Crippen molar-refractivity contribution in [1.29, 1.82) is 0 Å². The quantitative estimate of drug-likeness (QED) is 0.859. The lowest BCUT2D eigenvalue weighted by molar-refractivity contribution is 0.664. The Morgan fingerprint density at radius 1 is 1.14 bits per heavy atom. The van der Waals surface area contributed by atoms with E-state index < -0.39 is 0 Å². The first-order valence-corrected chi connectivity index (χ1v) is 7.91. The van der Waals surface area contributed by atoms with E-state index in [4.69, 9.17) is 5.73 Å². The Balaban J connectivity index is 1.62. The summed E-state index contributed by atoms with van der Waals surface area (Å²) in [5.41, 5.74) is 12.4. The molecule has 0 saturated heterocycles. The van der Waals surface area contributed by atoms with Crippen LogP contribution in [0, 0.1) is 6.92 Å². The van der Waals surface area contributed by atoms with Gasteiger partial charge in [-0.3, -0.25) is 0 Å². The van der Waals surface area contributed by atoms with Crippen LogP contribution in [-0.2, 0) is 12.8 Å². The minimum absolute atomic E-state index is 0.867. The van der Waals surface area contributed by atoms with Gasteiger partial charge in [0.25, 0.3) is 0 Å². The second-order valence-electron chi connectivity index (χ2n) is 6.07. The molecule has 2 aromatic rings. The van der Waals surface area contributed by atoms with E-state index in [0.717, 1.165) is 18.7 Å². The van der Waals surface area contributed by atoms with Crippen molar-refractivity contribution in [2.75, 3.05) is 23.7 Å². The summed E-state index contributed by atoms with van der Waals surface area (Å²) in [6.45, 7) is 4.50. The summed E-state index contributed by atoms with van der Waals surface area (Å²) in [6.07, 6.45) is 4.77. The Morgan fingerprint density at radius 3 is 2.90 bits per heavy atom. The van der Waals surface area contributed by atoms with Crippen LogP contribution in [0.4, 0.5) is 11.4 Å². The molecule has 0 radical (unpaired) electrons. The third-order valence-electron chi connectivity index (χ3n) is 4.29. The van der Waals surface area contributed by atoms with E-state index in [1.807, 2.05) is 12.1 Å². The molecule has 0 spiro atoms. The maximum absolute atomic E-state index is 5.84. The van der Waals surface area contributed by atoms with Gasteiger partial charge in [-0.15, -0.1) is 0 Å². The van der Waals surface area contributed by atoms with Crippen molar-refractivity contribution >= 4 is 11.4 Å². The molecule has 0 saturated carbocycles. The van der Waals surface area contributed by atoms with Crippen LogP contribution in [0.15, 0.2) is 42.5 Å². The molecule has 2 heteroatoms. The van der Waals surface area contributed by atoms with Crippen LogP contribution in [0.2, 0.25) is 0 Å². The number of nitrogens with two attached hydrogens (primary N) is 1. The molecule has 0 bridgehead atoms. The van der Waals surface area contributed by atoms with E-state index in [-0.39, 0.29) is 0 Å². The number of fused-ring (bicyclic) bond motifs is 1. The minimum atomic E-state index is 0.867. The van der Waals surface area contributed by atoms with Crippen LogP contribution in [0.25, 0.3) is 0 Å². The molecule has 0 aliphatic carbocycles. The van der Waals surface area contributed by atoms with Gasteiger partial charge in [0.15, 0.2) is 0 Å². The van der Waals surface area contributed by atoms with Gasteiger partial charge in [0, 0.05) is 24.5 Å². The molecule has 0 unspecified atom stereocenters. The Labute approximate surface area is 127 Å². The van der Waals surface area contributed by atoms with Crippen molar-refractivity contribution in [2.24, 2.45) is 0 Å². The van der Waals surface area contributed by atoms with Crippen molar-refractivity contribution in [3.63, 3.8) is 0 Å². The molecule has 1 aliphatic heterocycles. The van der Waals surface area contributed by atoms with Crippen LogP contribution in [-0.4, -0.2) is 13.1 Å². The van der Waals surface area contributed by atoms with Gasteiger partial charge < -0.3 is 10.6 Å². The van der Waals surface area contributed by atoms with Gasteiger partial charge in [-0.25, -0.2) is 0 Å². The monoisotopic (exact) mass is 280 g/mol. The zero-order valence-electron chi connectivity index (χ0n) is 12.8. The molecule has 0 atom stereocenters. The van der Waals surface area contributed by atoms with Crippen molar-refractivity contribution in [2.45, 2.75) is 32.6 Å². The molecule has 0 aromatic heterocycles. The second kappa shape index (κ2) is 6.21. The normalized spacial score (nSPS) is 14.0. The molecular formula is C19H24N2. The van der Waals surface area contributed by atoms with E-state index in [0.29, 0.717) is 0 Å². The van der Waals surface area contributed by atoms with Crippen LogP contribution in [0.5, 0.6) is 0 Å². The third kappa shape index (κ3) is 3.38. The number of aryl methyl sites for hydroxylation is 3. The number of benzene rings is 2. The number of hydrogen-bond donors (Lipinski definition) is 1.